The summed E-state index contributed by atoms with van der Waals surface area (Å²) in [6, 6.07) is 0.838. The van der Waals surface area contributed by atoms with Crippen LogP contribution in [0.3, 0.4) is 0 Å². The van der Waals surface area contributed by atoms with Crippen LogP contribution in [-0.2, 0) is 0 Å². The molecule has 0 bridgehead atoms. The Morgan fingerprint density at radius 3 is 2.56 bits per heavy atom. The van der Waals surface area contributed by atoms with Gasteiger partial charge in [0.1, 0.15) is 0 Å². The Morgan fingerprint density at radius 2 is 1.94 bits per heavy atom. The van der Waals surface area contributed by atoms with Crippen LogP contribution in [0, 0.1) is 11.8 Å². The van der Waals surface area contributed by atoms with Crippen molar-refractivity contribution >= 4 is 0 Å². The van der Waals surface area contributed by atoms with Gasteiger partial charge >= 0.3 is 0 Å². The van der Waals surface area contributed by atoms with Crippen LogP contribution in [0.15, 0.2) is 0 Å². The SMILES string of the molecule is CC(C)C(C)(CN)N1CCCC2CCCC21. The standard InChI is InChI=1S/C14H28N2/c1-11(2)14(3,10-15)16-9-5-7-12-6-4-8-13(12)16/h11-13H,4-10,15H2,1-3H3. The van der Waals surface area contributed by atoms with Crippen LogP contribution in [0.2, 0.25) is 0 Å². The van der Waals surface area contributed by atoms with Crippen molar-refractivity contribution in [1.82, 2.24) is 4.90 Å². The molecule has 16 heavy (non-hydrogen) atoms. The fraction of sp³-hybridized carbons (Fsp3) is 1.00. The zero-order valence-corrected chi connectivity index (χ0v) is 11.2. The monoisotopic (exact) mass is 224 g/mol. The van der Waals surface area contributed by atoms with Crippen LogP contribution in [0.25, 0.3) is 0 Å². The van der Waals surface area contributed by atoms with E-state index in [0.717, 1.165) is 18.5 Å². The molecule has 2 fully saturated rings. The highest BCUT2D eigenvalue weighted by molar-refractivity contribution is 4.99. The topological polar surface area (TPSA) is 29.3 Å². The fourth-order valence-electron chi connectivity index (χ4n) is 3.77. The summed E-state index contributed by atoms with van der Waals surface area (Å²) in [6.07, 6.45) is 7.14. The molecule has 0 spiro atoms. The third-order valence-corrected chi connectivity index (χ3v) is 5.31. The first-order valence-corrected chi connectivity index (χ1v) is 7.06. The minimum Gasteiger partial charge on any atom is -0.329 e. The Labute approximate surface area is 101 Å². The van der Waals surface area contributed by atoms with E-state index in [1.165, 1.54) is 38.6 Å². The minimum absolute atomic E-state index is 0.216. The van der Waals surface area contributed by atoms with Gasteiger partial charge in [-0.15, -0.1) is 0 Å². The summed E-state index contributed by atoms with van der Waals surface area (Å²) in [5.74, 6) is 1.62. The second-order valence-electron chi connectivity index (χ2n) is 6.31. The van der Waals surface area contributed by atoms with Crippen molar-refractivity contribution in [3.05, 3.63) is 0 Å². The Kier molecular flexibility index (Phi) is 3.60. The molecule has 1 aliphatic carbocycles. The maximum absolute atomic E-state index is 6.08. The van der Waals surface area contributed by atoms with E-state index in [1.54, 1.807) is 0 Å². The third-order valence-electron chi connectivity index (χ3n) is 5.31. The van der Waals surface area contributed by atoms with Gasteiger partial charge in [0.15, 0.2) is 0 Å². The van der Waals surface area contributed by atoms with E-state index in [-0.39, 0.29) is 5.54 Å². The minimum atomic E-state index is 0.216. The Balaban J connectivity index is 2.17. The number of nitrogens with zero attached hydrogens (tertiary/aromatic N) is 1. The average Bonchev–Trinajstić information content (AvgIpc) is 2.75. The summed E-state index contributed by atoms with van der Waals surface area (Å²) >= 11 is 0. The van der Waals surface area contributed by atoms with E-state index in [2.05, 4.69) is 25.7 Å². The third kappa shape index (κ3) is 1.91. The van der Waals surface area contributed by atoms with Crippen molar-refractivity contribution in [3.63, 3.8) is 0 Å². The van der Waals surface area contributed by atoms with Crippen molar-refractivity contribution in [1.29, 1.82) is 0 Å². The van der Waals surface area contributed by atoms with E-state index in [9.17, 15) is 0 Å². The highest BCUT2D eigenvalue weighted by Crippen LogP contribution is 2.41. The molecule has 1 saturated heterocycles. The van der Waals surface area contributed by atoms with Gasteiger partial charge in [-0.25, -0.2) is 0 Å². The smallest absolute Gasteiger partial charge is 0.0329 e. The maximum Gasteiger partial charge on any atom is 0.0329 e. The first-order valence-electron chi connectivity index (χ1n) is 7.06. The summed E-state index contributed by atoms with van der Waals surface area (Å²) in [5, 5.41) is 0. The number of likely N-dealkylation sites (tertiary alicyclic amines) is 1. The second-order valence-corrected chi connectivity index (χ2v) is 6.31. The lowest BCUT2D eigenvalue weighted by Gasteiger charge is -2.51. The Hall–Kier alpha value is -0.0800. The predicted molar refractivity (Wildman–Crippen MR) is 69.4 cm³/mol. The molecule has 1 aliphatic heterocycles. The van der Waals surface area contributed by atoms with Crippen molar-refractivity contribution < 1.29 is 0 Å². The van der Waals surface area contributed by atoms with Crippen molar-refractivity contribution in [2.45, 2.75) is 64.5 Å². The van der Waals surface area contributed by atoms with E-state index in [4.69, 9.17) is 5.73 Å². The van der Waals surface area contributed by atoms with E-state index in [1.807, 2.05) is 0 Å². The van der Waals surface area contributed by atoms with Crippen molar-refractivity contribution in [3.8, 4) is 0 Å². The average molecular weight is 224 g/mol. The first kappa shape index (κ1) is 12.4. The molecule has 2 heteroatoms. The van der Waals surface area contributed by atoms with Crippen LogP contribution < -0.4 is 5.73 Å². The van der Waals surface area contributed by atoms with E-state index in [0.29, 0.717) is 5.92 Å². The molecule has 2 nitrogen and oxygen atoms in total. The molecule has 3 unspecified atom stereocenters. The summed E-state index contributed by atoms with van der Waals surface area (Å²) < 4.78 is 0. The molecular formula is C14H28N2. The van der Waals surface area contributed by atoms with Crippen molar-refractivity contribution in [2.24, 2.45) is 17.6 Å². The van der Waals surface area contributed by atoms with Crippen LogP contribution in [0.1, 0.15) is 52.9 Å². The number of hydrogen-bond donors (Lipinski definition) is 1. The van der Waals surface area contributed by atoms with Gasteiger partial charge in [-0.2, -0.15) is 0 Å². The molecule has 0 radical (unpaired) electrons. The summed E-state index contributed by atoms with van der Waals surface area (Å²) in [7, 11) is 0. The van der Waals surface area contributed by atoms with Gasteiger partial charge in [-0.05, 0) is 51.0 Å². The summed E-state index contributed by atoms with van der Waals surface area (Å²) in [5.41, 5.74) is 6.30. The molecule has 0 aromatic carbocycles. The molecule has 94 valence electrons. The highest BCUT2D eigenvalue weighted by Gasteiger charge is 2.44. The quantitative estimate of drug-likeness (QED) is 0.798. The van der Waals surface area contributed by atoms with Gasteiger partial charge in [-0.3, -0.25) is 4.90 Å². The number of rotatable bonds is 3. The van der Waals surface area contributed by atoms with E-state index >= 15 is 0 Å². The van der Waals surface area contributed by atoms with Crippen LogP contribution >= 0.6 is 0 Å². The van der Waals surface area contributed by atoms with Gasteiger partial charge in [0.05, 0.1) is 0 Å². The molecule has 0 aromatic heterocycles. The van der Waals surface area contributed by atoms with Crippen LogP contribution in [-0.4, -0.2) is 29.6 Å². The lowest BCUT2D eigenvalue weighted by atomic mass is 9.81. The molecule has 0 aromatic rings. The van der Waals surface area contributed by atoms with Gasteiger partial charge in [0, 0.05) is 18.1 Å². The molecular weight excluding hydrogens is 196 g/mol. The zero-order chi connectivity index (χ0) is 11.8. The molecule has 3 atom stereocenters. The van der Waals surface area contributed by atoms with Crippen LogP contribution in [0.5, 0.6) is 0 Å². The number of piperidine rings is 1. The molecule has 2 aliphatic rings. The molecule has 1 heterocycles. The highest BCUT2D eigenvalue weighted by atomic mass is 15.2. The lowest BCUT2D eigenvalue weighted by molar-refractivity contribution is -0.0125. The first-order chi connectivity index (χ1) is 7.59. The normalized spacial score (nSPS) is 35.1. The molecule has 2 N–H and O–H groups in total. The van der Waals surface area contributed by atoms with Gasteiger partial charge in [0.25, 0.3) is 0 Å². The van der Waals surface area contributed by atoms with Gasteiger partial charge < -0.3 is 5.73 Å². The Bertz CT molecular complexity index is 239. The van der Waals surface area contributed by atoms with Gasteiger partial charge in [0.2, 0.25) is 0 Å². The molecule has 1 saturated carbocycles. The van der Waals surface area contributed by atoms with Crippen molar-refractivity contribution in [2.75, 3.05) is 13.1 Å². The number of nitrogens with two attached hydrogens (primary N) is 1. The zero-order valence-electron chi connectivity index (χ0n) is 11.2. The molecule has 2 rings (SSSR count). The predicted octanol–water partition coefficient (Wildman–Crippen LogP) is 2.62. The summed E-state index contributed by atoms with van der Waals surface area (Å²) in [6.45, 7) is 9.09. The summed E-state index contributed by atoms with van der Waals surface area (Å²) in [4.78, 5) is 2.76. The molecule has 0 amide bonds. The Morgan fingerprint density at radius 1 is 1.25 bits per heavy atom. The number of hydrogen-bond acceptors (Lipinski definition) is 2. The largest absolute Gasteiger partial charge is 0.329 e. The second kappa shape index (κ2) is 4.66. The number of fused-ring (bicyclic) bond motifs is 1. The van der Waals surface area contributed by atoms with Crippen LogP contribution in [0.4, 0.5) is 0 Å². The lowest BCUT2D eigenvalue weighted by Crippen LogP contribution is -2.61. The van der Waals surface area contributed by atoms with Gasteiger partial charge in [-0.1, -0.05) is 20.3 Å². The fourth-order valence-corrected chi connectivity index (χ4v) is 3.77. The van der Waals surface area contributed by atoms with E-state index < -0.39 is 0 Å². The maximum atomic E-state index is 6.08.